The Morgan fingerprint density at radius 1 is 1.53 bits per heavy atom. The van der Waals surface area contributed by atoms with Crippen LogP contribution in [0.25, 0.3) is 0 Å². The van der Waals surface area contributed by atoms with Crippen LogP contribution in [0.1, 0.15) is 55.7 Å². The van der Waals surface area contributed by atoms with Crippen LogP contribution in [0.15, 0.2) is 11.3 Å². The van der Waals surface area contributed by atoms with E-state index in [-0.39, 0.29) is 5.91 Å². The molecule has 2 aliphatic rings. The number of hydrazone groups is 1. The molecule has 1 N–H and O–H groups in total. The van der Waals surface area contributed by atoms with Crippen LogP contribution in [0.4, 0.5) is 0 Å². The third kappa shape index (κ3) is 2.85. The van der Waals surface area contributed by atoms with Gasteiger partial charge in [-0.3, -0.25) is 9.48 Å². The van der Waals surface area contributed by atoms with Crippen LogP contribution in [0.2, 0.25) is 0 Å². The minimum absolute atomic E-state index is 0.0195. The lowest BCUT2D eigenvalue weighted by Gasteiger charge is -2.24. The number of aryl methyl sites for hydroxylation is 1. The number of hydrogen-bond acceptors (Lipinski definition) is 3. The number of carbonyl (C=O) groups excluding carboxylic acids is 1. The van der Waals surface area contributed by atoms with E-state index in [4.69, 9.17) is 0 Å². The zero-order chi connectivity index (χ0) is 13.2. The van der Waals surface area contributed by atoms with Gasteiger partial charge in [-0.2, -0.15) is 10.2 Å². The highest BCUT2D eigenvalue weighted by atomic mass is 16.2. The van der Waals surface area contributed by atoms with Gasteiger partial charge in [-0.1, -0.05) is 6.42 Å². The number of nitrogens with one attached hydrogen (secondary N) is 1. The molecular formula is C14H20N4O. The van der Waals surface area contributed by atoms with Crippen LogP contribution in [0.3, 0.4) is 0 Å². The molecule has 0 saturated heterocycles. The van der Waals surface area contributed by atoms with Crippen LogP contribution in [0.5, 0.6) is 0 Å². The molecule has 19 heavy (non-hydrogen) atoms. The molecule has 5 heteroatoms. The van der Waals surface area contributed by atoms with Crippen molar-refractivity contribution in [3.8, 4) is 0 Å². The predicted molar refractivity (Wildman–Crippen MR) is 72.9 cm³/mol. The average Bonchev–Trinajstić information content (AvgIpc) is 3.05. The molecule has 0 aromatic carbocycles. The van der Waals surface area contributed by atoms with E-state index < -0.39 is 0 Å². The summed E-state index contributed by atoms with van der Waals surface area (Å²) in [6.07, 6.45) is 10.4. The normalized spacial score (nSPS) is 19.6. The van der Waals surface area contributed by atoms with E-state index in [2.05, 4.69) is 15.6 Å². The molecule has 0 radical (unpaired) electrons. The largest absolute Gasteiger partial charge is 0.273 e. The summed E-state index contributed by atoms with van der Waals surface area (Å²) in [4.78, 5) is 11.5. The van der Waals surface area contributed by atoms with Crippen molar-refractivity contribution in [1.29, 1.82) is 0 Å². The van der Waals surface area contributed by atoms with Gasteiger partial charge in [-0.15, -0.1) is 0 Å². The predicted octanol–water partition coefficient (Wildman–Crippen LogP) is 1.94. The lowest BCUT2D eigenvalue weighted by Crippen LogP contribution is -2.18. The van der Waals surface area contributed by atoms with Gasteiger partial charge in [0.15, 0.2) is 0 Å². The molecule has 102 valence electrons. The number of nitrogens with zero attached hydrogens (tertiary/aromatic N) is 3. The molecule has 1 amide bonds. The first-order valence-corrected chi connectivity index (χ1v) is 7.08. The maximum Gasteiger partial charge on any atom is 0.240 e. The molecule has 2 aliphatic carbocycles. The molecule has 0 aliphatic heterocycles. The molecule has 0 atom stereocenters. The van der Waals surface area contributed by atoms with Crippen molar-refractivity contribution in [3.63, 3.8) is 0 Å². The van der Waals surface area contributed by atoms with Gasteiger partial charge in [0.25, 0.3) is 0 Å². The third-order valence-electron chi connectivity index (χ3n) is 4.11. The van der Waals surface area contributed by atoms with Crippen molar-refractivity contribution < 1.29 is 4.79 Å². The highest BCUT2D eigenvalue weighted by Gasteiger charge is 2.25. The molecule has 1 aromatic heterocycles. The fourth-order valence-corrected chi connectivity index (χ4v) is 2.45. The smallest absolute Gasteiger partial charge is 0.240 e. The zero-order valence-electron chi connectivity index (χ0n) is 11.3. The first-order valence-electron chi connectivity index (χ1n) is 7.08. The second-order valence-corrected chi connectivity index (χ2v) is 5.68. The summed E-state index contributed by atoms with van der Waals surface area (Å²) in [5.74, 6) is 1.24. The Hall–Kier alpha value is -1.65. The van der Waals surface area contributed by atoms with Crippen molar-refractivity contribution in [3.05, 3.63) is 17.5 Å². The van der Waals surface area contributed by atoms with Gasteiger partial charge < -0.3 is 0 Å². The summed E-state index contributed by atoms with van der Waals surface area (Å²) in [5.41, 5.74) is 4.88. The molecule has 3 rings (SSSR count). The second-order valence-electron chi connectivity index (χ2n) is 5.68. The molecule has 0 unspecified atom stereocenters. The highest BCUT2D eigenvalue weighted by Crippen LogP contribution is 2.37. The number of carbonyl (C=O) groups is 1. The van der Waals surface area contributed by atoms with Crippen LogP contribution in [0, 0.1) is 5.92 Å². The van der Waals surface area contributed by atoms with E-state index in [0.29, 0.717) is 18.3 Å². The van der Waals surface area contributed by atoms with E-state index in [1.54, 1.807) is 6.21 Å². The third-order valence-corrected chi connectivity index (χ3v) is 4.11. The van der Waals surface area contributed by atoms with E-state index >= 15 is 0 Å². The molecule has 5 nitrogen and oxygen atoms in total. The highest BCUT2D eigenvalue weighted by molar-refractivity contribution is 5.82. The van der Waals surface area contributed by atoms with Crippen molar-refractivity contribution in [2.75, 3.05) is 0 Å². The van der Waals surface area contributed by atoms with E-state index in [1.165, 1.54) is 37.7 Å². The summed E-state index contributed by atoms with van der Waals surface area (Å²) in [6, 6.07) is 0. The summed E-state index contributed by atoms with van der Waals surface area (Å²) < 4.78 is 1.82. The Kier molecular flexibility index (Phi) is 3.36. The monoisotopic (exact) mass is 260 g/mol. The maximum atomic E-state index is 11.5. The van der Waals surface area contributed by atoms with Gasteiger partial charge in [-0.05, 0) is 37.5 Å². The SMILES string of the molecule is Cn1ncc(C2CCC2)c1/C=N/NC(=O)CC1CC1. The van der Waals surface area contributed by atoms with Gasteiger partial charge in [0.2, 0.25) is 5.91 Å². The summed E-state index contributed by atoms with van der Waals surface area (Å²) in [5, 5.41) is 8.36. The minimum Gasteiger partial charge on any atom is -0.273 e. The van der Waals surface area contributed by atoms with Crippen LogP contribution in [-0.4, -0.2) is 21.9 Å². The average molecular weight is 260 g/mol. The Bertz CT molecular complexity index is 498. The molecule has 2 saturated carbocycles. The lowest BCUT2D eigenvalue weighted by molar-refractivity contribution is -0.121. The number of hydrogen-bond donors (Lipinski definition) is 1. The Labute approximate surface area is 113 Å². The molecule has 0 bridgehead atoms. The number of amides is 1. The molecule has 1 aromatic rings. The van der Waals surface area contributed by atoms with Crippen LogP contribution in [-0.2, 0) is 11.8 Å². The summed E-state index contributed by atoms with van der Waals surface area (Å²) in [6.45, 7) is 0. The van der Waals surface area contributed by atoms with Crippen molar-refractivity contribution in [2.24, 2.45) is 18.1 Å². The Morgan fingerprint density at radius 3 is 2.95 bits per heavy atom. The second kappa shape index (κ2) is 5.15. The van der Waals surface area contributed by atoms with Gasteiger partial charge in [-0.25, -0.2) is 5.43 Å². The molecule has 2 fully saturated rings. The minimum atomic E-state index is 0.0195. The Morgan fingerprint density at radius 2 is 2.32 bits per heavy atom. The van der Waals surface area contributed by atoms with Crippen molar-refractivity contribution in [2.45, 2.75) is 44.4 Å². The van der Waals surface area contributed by atoms with Crippen LogP contribution < -0.4 is 5.43 Å². The Balaban J connectivity index is 1.61. The van der Waals surface area contributed by atoms with E-state index in [9.17, 15) is 4.79 Å². The quantitative estimate of drug-likeness (QED) is 0.649. The molecule has 1 heterocycles. The van der Waals surface area contributed by atoms with Crippen molar-refractivity contribution >= 4 is 12.1 Å². The van der Waals surface area contributed by atoms with Gasteiger partial charge in [0.05, 0.1) is 18.1 Å². The lowest BCUT2D eigenvalue weighted by atomic mass is 9.80. The first-order chi connectivity index (χ1) is 9.24. The fraction of sp³-hybridized carbons (Fsp3) is 0.643. The first kappa shape index (κ1) is 12.4. The van der Waals surface area contributed by atoms with Gasteiger partial charge >= 0.3 is 0 Å². The fourth-order valence-electron chi connectivity index (χ4n) is 2.45. The number of rotatable bonds is 5. The van der Waals surface area contributed by atoms with E-state index in [0.717, 1.165) is 5.69 Å². The standard InChI is InChI=1S/C14H20N4O/c1-18-13(12(8-16-18)11-3-2-4-11)9-15-17-14(19)7-10-5-6-10/h8-11H,2-7H2,1H3,(H,17,19)/b15-9+. The van der Waals surface area contributed by atoms with Crippen molar-refractivity contribution in [1.82, 2.24) is 15.2 Å². The topological polar surface area (TPSA) is 59.3 Å². The van der Waals surface area contributed by atoms with Gasteiger partial charge in [0, 0.05) is 19.0 Å². The number of aromatic nitrogens is 2. The van der Waals surface area contributed by atoms with Crippen LogP contribution >= 0.6 is 0 Å². The zero-order valence-corrected chi connectivity index (χ0v) is 11.3. The molecule has 0 spiro atoms. The summed E-state index contributed by atoms with van der Waals surface area (Å²) >= 11 is 0. The maximum absolute atomic E-state index is 11.5. The summed E-state index contributed by atoms with van der Waals surface area (Å²) in [7, 11) is 1.91. The van der Waals surface area contributed by atoms with E-state index in [1.807, 2.05) is 17.9 Å². The van der Waals surface area contributed by atoms with Gasteiger partial charge in [0.1, 0.15) is 0 Å². The molecular weight excluding hydrogens is 240 g/mol.